The van der Waals surface area contributed by atoms with Crippen molar-refractivity contribution >= 4 is 27.4 Å². The fourth-order valence-corrected chi connectivity index (χ4v) is 3.82. The smallest absolute Gasteiger partial charge is 0.340 e. The van der Waals surface area contributed by atoms with Crippen LogP contribution in [0.3, 0.4) is 0 Å². The standard InChI is InChI=1S/C22H19ClO5S/c1-29(25,26)19-13-12-18(22(24)28-15-17-10-6-3-7-11-17)20(23)21(19)27-14-16-8-4-2-5-9-16/h2-13H,14-15H2,1H3. The third kappa shape index (κ3) is 5.37. The van der Waals surface area contributed by atoms with Crippen molar-refractivity contribution in [3.63, 3.8) is 0 Å². The summed E-state index contributed by atoms with van der Waals surface area (Å²) in [5.41, 5.74) is 1.70. The number of hydrogen-bond acceptors (Lipinski definition) is 5. The first-order valence-electron chi connectivity index (χ1n) is 8.76. The first-order chi connectivity index (χ1) is 13.9. The Labute approximate surface area is 174 Å². The highest BCUT2D eigenvalue weighted by atomic mass is 35.5. The molecule has 0 aliphatic rings. The SMILES string of the molecule is CS(=O)(=O)c1ccc(C(=O)OCc2ccccc2)c(Cl)c1OCc1ccccc1. The monoisotopic (exact) mass is 430 g/mol. The molecule has 0 radical (unpaired) electrons. The lowest BCUT2D eigenvalue weighted by Crippen LogP contribution is -2.10. The molecular formula is C22H19ClO5S. The normalized spacial score (nSPS) is 11.1. The lowest BCUT2D eigenvalue weighted by Gasteiger charge is -2.15. The highest BCUT2D eigenvalue weighted by Crippen LogP contribution is 2.36. The third-order valence-electron chi connectivity index (χ3n) is 4.12. The van der Waals surface area contributed by atoms with Gasteiger partial charge in [-0.3, -0.25) is 0 Å². The van der Waals surface area contributed by atoms with Gasteiger partial charge in [0, 0.05) is 6.26 Å². The summed E-state index contributed by atoms with van der Waals surface area (Å²) in [4.78, 5) is 12.4. The fraction of sp³-hybridized carbons (Fsp3) is 0.136. The number of hydrogen-bond donors (Lipinski definition) is 0. The van der Waals surface area contributed by atoms with Crippen molar-refractivity contribution in [2.45, 2.75) is 18.1 Å². The van der Waals surface area contributed by atoms with Crippen LogP contribution in [0.2, 0.25) is 5.02 Å². The van der Waals surface area contributed by atoms with Crippen molar-refractivity contribution in [3.8, 4) is 5.75 Å². The van der Waals surface area contributed by atoms with Gasteiger partial charge in [-0.2, -0.15) is 0 Å². The lowest BCUT2D eigenvalue weighted by molar-refractivity contribution is 0.0472. The predicted molar refractivity (Wildman–Crippen MR) is 111 cm³/mol. The van der Waals surface area contributed by atoms with Gasteiger partial charge < -0.3 is 9.47 Å². The minimum atomic E-state index is -3.62. The molecule has 0 heterocycles. The summed E-state index contributed by atoms with van der Waals surface area (Å²) in [5.74, 6) is -0.726. The Hall–Kier alpha value is -2.83. The summed E-state index contributed by atoms with van der Waals surface area (Å²) in [6, 6.07) is 21.1. The van der Waals surface area contributed by atoms with E-state index in [2.05, 4.69) is 0 Å². The minimum Gasteiger partial charge on any atom is -0.486 e. The van der Waals surface area contributed by atoms with E-state index in [4.69, 9.17) is 21.1 Å². The average Bonchev–Trinajstić information content (AvgIpc) is 2.71. The molecule has 0 spiro atoms. The largest absolute Gasteiger partial charge is 0.486 e. The van der Waals surface area contributed by atoms with E-state index in [9.17, 15) is 13.2 Å². The van der Waals surface area contributed by atoms with Gasteiger partial charge in [-0.25, -0.2) is 13.2 Å². The molecule has 0 aliphatic heterocycles. The number of esters is 1. The van der Waals surface area contributed by atoms with Gasteiger partial charge in [0.25, 0.3) is 0 Å². The molecule has 3 aromatic rings. The lowest BCUT2D eigenvalue weighted by atomic mass is 10.2. The van der Waals surface area contributed by atoms with Crippen molar-refractivity contribution in [1.82, 2.24) is 0 Å². The van der Waals surface area contributed by atoms with Crippen LogP contribution in [0.25, 0.3) is 0 Å². The minimum absolute atomic E-state index is 0.0399. The number of benzene rings is 3. The van der Waals surface area contributed by atoms with Crippen LogP contribution in [0.1, 0.15) is 21.5 Å². The van der Waals surface area contributed by atoms with Gasteiger partial charge in [-0.05, 0) is 23.3 Å². The van der Waals surface area contributed by atoms with Gasteiger partial charge in [0.15, 0.2) is 15.6 Å². The molecule has 0 fully saturated rings. The quantitative estimate of drug-likeness (QED) is 0.509. The number of carbonyl (C=O) groups is 1. The Balaban J connectivity index is 1.87. The molecule has 3 rings (SSSR count). The molecule has 0 amide bonds. The summed E-state index contributed by atoms with van der Waals surface area (Å²) < 4.78 is 35.3. The number of rotatable bonds is 7. The van der Waals surface area contributed by atoms with E-state index in [-0.39, 0.29) is 34.4 Å². The molecule has 0 aliphatic carbocycles. The maximum absolute atomic E-state index is 12.5. The molecule has 150 valence electrons. The van der Waals surface area contributed by atoms with Gasteiger partial charge in [0.2, 0.25) is 0 Å². The first-order valence-corrected chi connectivity index (χ1v) is 11.0. The van der Waals surface area contributed by atoms with Crippen LogP contribution in [0.15, 0.2) is 77.7 Å². The molecule has 0 saturated carbocycles. The fourth-order valence-electron chi connectivity index (χ4n) is 2.65. The van der Waals surface area contributed by atoms with E-state index < -0.39 is 15.8 Å². The van der Waals surface area contributed by atoms with E-state index in [0.717, 1.165) is 17.4 Å². The molecule has 5 nitrogen and oxygen atoms in total. The highest BCUT2D eigenvalue weighted by molar-refractivity contribution is 7.90. The molecule has 0 bridgehead atoms. The van der Waals surface area contributed by atoms with Crippen molar-refractivity contribution in [2.75, 3.05) is 6.26 Å². The molecule has 3 aromatic carbocycles. The van der Waals surface area contributed by atoms with Crippen molar-refractivity contribution in [1.29, 1.82) is 0 Å². The van der Waals surface area contributed by atoms with Crippen molar-refractivity contribution < 1.29 is 22.7 Å². The van der Waals surface area contributed by atoms with E-state index in [0.29, 0.717) is 0 Å². The van der Waals surface area contributed by atoms with E-state index in [1.54, 1.807) is 0 Å². The Kier molecular flexibility index (Phi) is 6.56. The average molecular weight is 431 g/mol. The van der Waals surface area contributed by atoms with Crippen LogP contribution in [0.4, 0.5) is 0 Å². The van der Waals surface area contributed by atoms with E-state index in [1.165, 1.54) is 12.1 Å². The zero-order valence-corrected chi connectivity index (χ0v) is 17.2. The van der Waals surface area contributed by atoms with Crippen LogP contribution in [0.5, 0.6) is 5.75 Å². The second-order valence-electron chi connectivity index (χ2n) is 6.36. The van der Waals surface area contributed by atoms with Crippen LogP contribution in [0, 0.1) is 0 Å². The number of sulfone groups is 1. The third-order valence-corrected chi connectivity index (χ3v) is 5.61. The second-order valence-corrected chi connectivity index (χ2v) is 8.72. The van der Waals surface area contributed by atoms with Crippen molar-refractivity contribution in [3.05, 3.63) is 94.5 Å². The summed E-state index contributed by atoms with van der Waals surface area (Å²) in [6.07, 6.45) is 1.06. The highest BCUT2D eigenvalue weighted by Gasteiger charge is 2.24. The van der Waals surface area contributed by atoms with Crippen molar-refractivity contribution in [2.24, 2.45) is 0 Å². The maximum atomic E-state index is 12.5. The van der Waals surface area contributed by atoms with Crippen LogP contribution in [-0.4, -0.2) is 20.6 Å². The van der Waals surface area contributed by atoms with Crippen LogP contribution in [-0.2, 0) is 27.8 Å². The Morgan fingerprint density at radius 2 is 1.41 bits per heavy atom. The van der Waals surface area contributed by atoms with Gasteiger partial charge in [-0.1, -0.05) is 72.3 Å². The summed E-state index contributed by atoms with van der Waals surface area (Å²) >= 11 is 6.37. The predicted octanol–water partition coefficient (Wildman–Crippen LogP) is 4.68. The molecule has 0 saturated heterocycles. The number of halogens is 1. The Morgan fingerprint density at radius 1 is 0.862 bits per heavy atom. The summed E-state index contributed by atoms with van der Waals surface area (Å²) in [6.45, 7) is 0.176. The molecular weight excluding hydrogens is 412 g/mol. The summed E-state index contributed by atoms with van der Waals surface area (Å²) in [5, 5.41) is -0.0954. The first kappa shape index (κ1) is 20.9. The van der Waals surface area contributed by atoms with E-state index in [1.807, 2.05) is 60.7 Å². The molecule has 0 aromatic heterocycles. The second kappa shape index (κ2) is 9.11. The van der Waals surface area contributed by atoms with Gasteiger partial charge >= 0.3 is 5.97 Å². The maximum Gasteiger partial charge on any atom is 0.340 e. The topological polar surface area (TPSA) is 69.7 Å². The molecule has 0 atom stereocenters. The zero-order valence-electron chi connectivity index (χ0n) is 15.7. The number of ether oxygens (including phenoxy) is 2. The molecule has 7 heteroatoms. The van der Waals surface area contributed by atoms with Crippen LogP contribution < -0.4 is 4.74 Å². The Bertz CT molecular complexity index is 1100. The zero-order chi connectivity index (χ0) is 20.9. The van der Waals surface area contributed by atoms with Gasteiger partial charge in [0.05, 0.1) is 10.6 Å². The molecule has 0 N–H and O–H groups in total. The molecule has 0 unspecified atom stereocenters. The molecule has 29 heavy (non-hydrogen) atoms. The van der Waals surface area contributed by atoms with Gasteiger partial charge in [0.1, 0.15) is 18.1 Å². The van der Waals surface area contributed by atoms with Crippen LogP contribution >= 0.6 is 11.6 Å². The van der Waals surface area contributed by atoms with E-state index >= 15 is 0 Å². The Morgan fingerprint density at radius 3 is 1.97 bits per heavy atom. The number of carbonyl (C=O) groups excluding carboxylic acids is 1. The summed E-state index contributed by atoms with van der Waals surface area (Å²) in [7, 11) is -3.62. The van der Waals surface area contributed by atoms with Gasteiger partial charge in [-0.15, -0.1) is 0 Å².